The Labute approximate surface area is 102 Å². The molecule has 0 aliphatic heterocycles. The zero-order valence-corrected chi connectivity index (χ0v) is 11.1. The highest BCUT2D eigenvalue weighted by Crippen LogP contribution is 2.40. The maximum Gasteiger partial charge on any atom is 0.169 e. The standard InChI is InChI=1S/C15H18O2/c1-8-6-9(2)13-11(12(8)10(3)16)7-15(4,5)14(13)17/h6H,7H2,1-5H3. The van der Waals surface area contributed by atoms with E-state index in [0.29, 0.717) is 6.42 Å². The fourth-order valence-electron chi connectivity index (χ4n) is 2.91. The van der Waals surface area contributed by atoms with Crippen molar-refractivity contribution in [1.82, 2.24) is 0 Å². The van der Waals surface area contributed by atoms with Gasteiger partial charge < -0.3 is 0 Å². The maximum absolute atomic E-state index is 12.3. The van der Waals surface area contributed by atoms with Gasteiger partial charge in [-0.05, 0) is 43.9 Å². The summed E-state index contributed by atoms with van der Waals surface area (Å²) in [6, 6.07) is 1.95. The van der Waals surface area contributed by atoms with Gasteiger partial charge in [0.2, 0.25) is 0 Å². The van der Waals surface area contributed by atoms with Crippen LogP contribution in [0.2, 0.25) is 0 Å². The van der Waals surface area contributed by atoms with Crippen molar-refractivity contribution in [3.05, 3.63) is 33.9 Å². The monoisotopic (exact) mass is 230 g/mol. The molecule has 2 heteroatoms. The second-order valence-electron chi connectivity index (χ2n) is 5.68. The summed E-state index contributed by atoms with van der Waals surface area (Å²) in [4.78, 5) is 24.1. The van der Waals surface area contributed by atoms with Crippen LogP contribution in [0.1, 0.15) is 58.2 Å². The third-order valence-corrected chi connectivity index (χ3v) is 3.64. The molecule has 0 heterocycles. The molecule has 1 aliphatic rings. The Morgan fingerprint density at radius 1 is 1.24 bits per heavy atom. The molecule has 0 amide bonds. The van der Waals surface area contributed by atoms with Gasteiger partial charge in [0.15, 0.2) is 11.6 Å². The molecule has 0 saturated heterocycles. The molecule has 0 spiro atoms. The van der Waals surface area contributed by atoms with Crippen LogP contribution in [-0.4, -0.2) is 11.6 Å². The number of fused-ring (bicyclic) bond motifs is 1. The quantitative estimate of drug-likeness (QED) is 0.694. The lowest BCUT2D eigenvalue weighted by molar-refractivity contribution is 0.0862. The van der Waals surface area contributed by atoms with Crippen molar-refractivity contribution in [2.24, 2.45) is 5.41 Å². The molecule has 0 N–H and O–H groups in total. The van der Waals surface area contributed by atoms with Crippen molar-refractivity contribution < 1.29 is 9.59 Å². The summed E-state index contributed by atoms with van der Waals surface area (Å²) in [5.74, 6) is 0.233. The molecule has 17 heavy (non-hydrogen) atoms. The van der Waals surface area contributed by atoms with Crippen molar-refractivity contribution >= 4 is 11.6 Å². The number of carbonyl (C=O) groups is 2. The molecule has 90 valence electrons. The average molecular weight is 230 g/mol. The molecule has 0 bridgehead atoms. The third-order valence-electron chi connectivity index (χ3n) is 3.64. The zero-order valence-electron chi connectivity index (χ0n) is 11.1. The molecular weight excluding hydrogens is 212 g/mol. The predicted octanol–water partition coefficient (Wildman–Crippen LogP) is 3.27. The van der Waals surface area contributed by atoms with Gasteiger partial charge in [0.05, 0.1) is 0 Å². The van der Waals surface area contributed by atoms with E-state index in [1.54, 1.807) is 6.92 Å². The van der Waals surface area contributed by atoms with Gasteiger partial charge in [0.25, 0.3) is 0 Å². The molecule has 0 aromatic heterocycles. The highest BCUT2D eigenvalue weighted by molar-refractivity contribution is 6.09. The van der Waals surface area contributed by atoms with E-state index in [9.17, 15) is 9.59 Å². The number of hydrogen-bond acceptors (Lipinski definition) is 2. The van der Waals surface area contributed by atoms with Crippen LogP contribution in [0.15, 0.2) is 6.07 Å². The van der Waals surface area contributed by atoms with Crippen molar-refractivity contribution in [1.29, 1.82) is 0 Å². The number of hydrogen-bond donors (Lipinski definition) is 0. The van der Waals surface area contributed by atoms with Gasteiger partial charge >= 0.3 is 0 Å². The van der Waals surface area contributed by atoms with Crippen LogP contribution in [0.25, 0.3) is 0 Å². The van der Waals surface area contributed by atoms with Crippen LogP contribution in [0.5, 0.6) is 0 Å². The molecule has 0 fully saturated rings. The highest BCUT2D eigenvalue weighted by atomic mass is 16.1. The molecule has 0 unspecified atom stereocenters. The Kier molecular flexibility index (Phi) is 2.49. The molecule has 0 atom stereocenters. The summed E-state index contributed by atoms with van der Waals surface area (Å²) in [7, 11) is 0. The Morgan fingerprint density at radius 2 is 1.82 bits per heavy atom. The van der Waals surface area contributed by atoms with Crippen LogP contribution >= 0.6 is 0 Å². The molecule has 0 saturated carbocycles. The summed E-state index contributed by atoms with van der Waals surface area (Å²) >= 11 is 0. The third kappa shape index (κ3) is 1.63. The van der Waals surface area contributed by atoms with Crippen LogP contribution in [0.3, 0.4) is 0 Å². The highest BCUT2D eigenvalue weighted by Gasteiger charge is 2.40. The van der Waals surface area contributed by atoms with E-state index in [0.717, 1.165) is 27.8 Å². The molecular formula is C15H18O2. The minimum atomic E-state index is -0.370. The summed E-state index contributed by atoms with van der Waals surface area (Å²) in [5.41, 5.74) is 4.11. The van der Waals surface area contributed by atoms with Gasteiger partial charge in [-0.2, -0.15) is 0 Å². The fourth-order valence-corrected chi connectivity index (χ4v) is 2.91. The van der Waals surface area contributed by atoms with Crippen molar-refractivity contribution in [3.8, 4) is 0 Å². The lowest BCUT2D eigenvalue weighted by atomic mass is 9.88. The number of benzene rings is 1. The predicted molar refractivity (Wildman–Crippen MR) is 67.7 cm³/mol. The van der Waals surface area contributed by atoms with E-state index in [4.69, 9.17) is 0 Å². The Morgan fingerprint density at radius 3 is 2.35 bits per heavy atom. The van der Waals surface area contributed by atoms with E-state index in [-0.39, 0.29) is 17.0 Å². The lowest BCUT2D eigenvalue weighted by Gasteiger charge is -2.13. The van der Waals surface area contributed by atoms with E-state index in [1.165, 1.54) is 0 Å². The first-order valence-corrected chi connectivity index (χ1v) is 5.94. The number of Topliss-reactive ketones (excluding diaryl/α,β-unsaturated/α-hetero) is 2. The van der Waals surface area contributed by atoms with Gasteiger partial charge in [-0.3, -0.25) is 9.59 Å². The first-order chi connectivity index (χ1) is 7.75. The Hall–Kier alpha value is -1.44. The molecule has 2 rings (SSSR count). The van der Waals surface area contributed by atoms with Gasteiger partial charge in [0, 0.05) is 16.5 Å². The van der Waals surface area contributed by atoms with Gasteiger partial charge in [-0.1, -0.05) is 19.9 Å². The molecule has 1 aliphatic carbocycles. The number of ketones is 2. The second-order valence-corrected chi connectivity index (χ2v) is 5.68. The van der Waals surface area contributed by atoms with Crippen LogP contribution in [0, 0.1) is 19.3 Å². The number of aryl methyl sites for hydroxylation is 2. The molecule has 1 aromatic rings. The topological polar surface area (TPSA) is 34.1 Å². The summed E-state index contributed by atoms with van der Waals surface area (Å²) < 4.78 is 0. The average Bonchev–Trinajstić information content (AvgIpc) is 2.36. The van der Waals surface area contributed by atoms with Crippen molar-refractivity contribution in [3.63, 3.8) is 0 Å². The lowest BCUT2D eigenvalue weighted by Crippen LogP contribution is -2.19. The number of carbonyl (C=O) groups excluding carboxylic acids is 2. The van der Waals surface area contributed by atoms with Crippen molar-refractivity contribution in [2.75, 3.05) is 0 Å². The van der Waals surface area contributed by atoms with Gasteiger partial charge in [0.1, 0.15) is 0 Å². The summed E-state index contributed by atoms with van der Waals surface area (Å²) in [6.45, 7) is 9.38. The maximum atomic E-state index is 12.3. The fraction of sp³-hybridized carbons (Fsp3) is 0.467. The molecule has 0 radical (unpaired) electrons. The smallest absolute Gasteiger partial charge is 0.169 e. The van der Waals surface area contributed by atoms with Crippen LogP contribution in [0.4, 0.5) is 0 Å². The van der Waals surface area contributed by atoms with E-state index in [1.807, 2.05) is 33.8 Å². The largest absolute Gasteiger partial charge is 0.294 e. The second kappa shape index (κ2) is 3.52. The van der Waals surface area contributed by atoms with E-state index >= 15 is 0 Å². The van der Waals surface area contributed by atoms with E-state index in [2.05, 4.69) is 0 Å². The summed E-state index contributed by atoms with van der Waals surface area (Å²) in [6.07, 6.45) is 0.679. The zero-order chi connectivity index (χ0) is 13.0. The minimum Gasteiger partial charge on any atom is -0.294 e. The molecule has 1 aromatic carbocycles. The SMILES string of the molecule is CC(=O)c1c(C)cc(C)c2c1CC(C)(C)C2=O. The van der Waals surface area contributed by atoms with Gasteiger partial charge in [-0.15, -0.1) is 0 Å². The molecule has 2 nitrogen and oxygen atoms in total. The Bertz CT molecular complexity index is 536. The minimum absolute atomic E-state index is 0.0595. The van der Waals surface area contributed by atoms with Crippen molar-refractivity contribution in [2.45, 2.75) is 41.0 Å². The summed E-state index contributed by atoms with van der Waals surface area (Å²) in [5, 5.41) is 0. The number of rotatable bonds is 1. The normalized spacial score (nSPS) is 17.1. The Balaban J connectivity index is 2.80. The van der Waals surface area contributed by atoms with E-state index < -0.39 is 0 Å². The van der Waals surface area contributed by atoms with Crippen LogP contribution < -0.4 is 0 Å². The van der Waals surface area contributed by atoms with Gasteiger partial charge in [-0.25, -0.2) is 0 Å². The first kappa shape index (κ1) is 12.0. The first-order valence-electron chi connectivity index (χ1n) is 5.94. The van der Waals surface area contributed by atoms with Crippen LogP contribution in [-0.2, 0) is 6.42 Å².